The van der Waals surface area contributed by atoms with Gasteiger partial charge in [0.15, 0.2) is 0 Å². The summed E-state index contributed by atoms with van der Waals surface area (Å²) in [7, 11) is 0. The lowest BCUT2D eigenvalue weighted by Crippen LogP contribution is -2.20. The third-order valence-corrected chi connectivity index (χ3v) is 4.22. The fourth-order valence-corrected chi connectivity index (χ4v) is 2.86. The SMILES string of the molecule is CC(COCCCCN)Oc1nc2cc(C(=O)O)ccc2c2cnccc12. The van der Waals surface area contributed by atoms with E-state index in [1.165, 1.54) is 0 Å². The third kappa shape index (κ3) is 4.50. The largest absolute Gasteiger partial charge is 0.478 e. The second-order valence-electron chi connectivity index (χ2n) is 6.37. The standard InChI is InChI=1S/C20H23N3O4/c1-13(12-26-9-3-2-7-21)27-19-16-6-8-22-11-17(16)15-5-4-14(20(24)25)10-18(15)23-19/h4-6,8,10-11,13H,2-3,7,9,12,21H2,1H3,(H,24,25). The Hall–Kier alpha value is -2.77. The molecule has 1 unspecified atom stereocenters. The number of nitrogens with zero attached hydrogens (tertiary/aromatic N) is 2. The Kier molecular flexibility index (Phi) is 6.16. The zero-order chi connectivity index (χ0) is 19.2. The van der Waals surface area contributed by atoms with Crippen LogP contribution in [0.4, 0.5) is 0 Å². The average molecular weight is 369 g/mol. The fourth-order valence-electron chi connectivity index (χ4n) is 2.86. The highest BCUT2D eigenvalue weighted by molar-refractivity contribution is 6.08. The Morgan fingerprint density at radius 2 is 2.07 bits per heavy atom. The van der Waals surface area contributed by atoms with Gasteiger partial charge in [-0.05, 0) is 44.5 Å². The summed E-state index contributed by atoms with van der Waals surface area (Å²) < 4.78 is 11.6. The lowest BCUT2D eigenvalue weighted by molar-refractivity contribution is 0.0558. The minimum Gasteiger partial charge on any atom is -0.478 e. The highest BCUT2D eigenvalue weighted by atomic mass is 16.5. The first-order valence-electron chi connectivity index (χ1n) is 8.95. The number of ether oxygens (including phenoxy) is 2. The molecule has 3 N–H and O–H groups in total. The summed E-state index contributed by atoms with van der Waals surface area (Å²) in [6, 6.07) is 6.71. The van der Waals surface area contributed by atoms with E-state index in [2.05, 4.69) is 9.97 Å². The van der Waals surface area contributed by atoms with Crippen LogP contribution in [0, 0.1) is 0 Å². The molecule has 0 spiro atoms. The number of aromatic carboxylic acids is 1. The molecule has 0 aliphatic heterocycles. The van der Waals surface area contributed by atoms with E-state index in [4.69, 9.17) is 15.2 Å². The van der Waals surface area contributed by atoms with Gasteiger partial charge in [0.2, 0.25) is 5.88 Å². The molecule has 7 nitrogen and oxygen atoms in total. The molecule has 1 atom stereocenters. The molecular formula is C20H23N3O4. The average Bonchev–Trinajstić information content (AvgIpc) is 2.67. The van der Waals surface area contributed by atoms with E-state index >= 15 is 0 Å². The number of carbonyl (C=O) groups is 1. The molecule has 0 radical (unpaired) electrons. The highest BCUT2D eigenvalue weighted by Crippen LogP contribution is 2.31. The summed E-state index contributed by atoms with van der Waals surface area (Å²) in [5.41, 5.74) is 6.21. The number of fused-ring (bicyclic) bond motifs is 3. The highest BCUT2D eigenvalue weighted by Gasteiger charge is 2.14. The van der Waals surface area contributed by atoms with E-state index in [0.717, 1.165) is 29.0 Å². The van der Waals surface area contributed by atoms with Crippen molar-refractivity contribution in [3.8, 4) is 5.88 Å². The van der Waals surface area contributed by atoms with Crippen molar-refractivity contribution in [1.29, 1.82) is 0 Å². The van der Waals surface area contributed by atoms with Crippen LogP contribution < -0.4 is 10.5 Å². The minimum atomic E-state index is -0.994. The van der Waals surface area contributed by atoms with Gasteiger partial charge in [-0.15, -0.1) is 0 Å². The molecule has 0 saturated carbocycles. The molecule has 0 bridgehead atoms. The Morgan fingerprint density at radius 3 is 2.85 bits per heavy atom. The molecule has 3 aromatic rings. The molecule has 0 aliphatic rings. The van der Waals surface area contributed by atoms with Crippen molar-refractivity contribution in [2.75, 3.05) is 19.8 Å². The van der Waals surface area contributed by atoms with Crippen molar-refractivity contribution in [3.63, 3.8) is 0 Å². The van der Waals surface area contributed by atoms with Gasteiger partial charge >= 0.3 is 5.97 Å². The number of nitrogens with two attached hydrogens (primary N) is 1. The number of hydrogen-bond donors (Lipinski definition) is 2. The van der Waals surface area contributed by atoms with Crippen LogP contribution >= 0.6 is 0 Å². The molecule has 2 aromatic heterocycles. The van der Waals surface area contributed by atoms with Crippen LogP contribution in [0.15, 0.2) is 36.7 Å². The van der Waals surface area contributed by atoms with Crippen LogP contribution in [0.1, 0.15) is 30.1 Å². The number of hydrogen-bond acceptors (Lipinski definition) is 6. The van der Waals surface area contributed by atoms with Crippen LogP contribution in [0.5, 0.6) is 5.88 Å². The number of unbranched alkanes of at least 4 members (excludes halogenated alkanes) is 1. The Morgan fingerprint density at radius 1 is 1.22 bits per heavy atom. The van der Waals surface area contributed by atoms with Gasteiger partial charge < -0.3 is 20.3 Å². The monoisotopic (exact) mass is 369 g/mol. The quantitative estimate of drug-likeness (QED) is 0.441. The van der Waals surface area contributed by atoms with Gasteiger partial charge in [0.25, 0.3) is 0 Å². The molecule has 2 heterocycles. The van der Waals surface area contributed by atoms with Gasteiger partial charge in [-0.2, -0.15) is 0 Å². The van der Waals surface area contributed by atoms with Crippen LogP contribution in [-0.2, 0) is 4.74 Å². The van der Waals surface area contributed by atoms with Gasteiger partial charge in [0.05, 0.1) is 17.7 Å². The van der Waals surface area contributed by atoms with Crippen LogP contribution in [0.25, 0.3) is 21.7 Å². The second kappa shape index (κ2) is 8.75. The normalized spacial score (nSPS) is 12.4. The van der Waals surface area contributed by atoms with E-state index in [1.807, 2.05) is 13.0 Å². The topological polar surface area (TPSA) is 108 Å². The molecule has 0 fully saturated rings. The van der Waals surface area contributed by atoms with E-state index < -0.39 is 5.97 Å². The summed E-state index contributed by atoms with van der Waals surface area (Å²) in [5, 5.41) is 11.8. The van der Waals surface area contributed by atoms with Crippen molar-refractivity contribution in [2.45, 2.75) is 25.9 Å². The van der Waals surface area contributed by atoms with Crippen molar-refractivity contribution < 1.29 is 19.4 Å². The number of carboxylic acid groups (broad SMARTS) is 1. The van der Waals surface area contributed by atoms with Crippen molar-refractivity contribution in [2.24, 2.45) is 5.73 Å². The minimum absolute atomic E-state index is 0.181. The van der Waals surface area contributed by atoms with Crippen LogP contribution in [0.2, 0.25) is 0 Å². The predicted octanol–water partition coefficient (Wildman–Crippen LogP) is 3.00. The number of pyridine rings is 2. The number of aromatic nitrogens is 2. The van der Waals surface area contributed by atoms with Gasteiger partial charge in [-0.1, -0.05) is 6.07 Å². The summed E-state index contributed by atoms with van der Waals surface area (Å²) in [6.07, 6.45) is 5.07. The maximum absolute atomic E-state index is 11.3. The Labute approximate surface area is 157 Å². The maximum Gasteiger partial charge on any atom is 0.335 e. The van der Waals surface area contributed by atoms with Crippen LogP contribution in [0.3, 0.4) is 0 Å². The summed E-state index contributed by atoms with van der Waals surface area (Å²) >= 11 is 0. The molecule has 0 saturated heterocycles. The van der Waals surface area contributed by atoms with Gasteiger partial charge in [-0.3, -0.25) is 4.98 Å². The van der Waals surface area contributed by atoms with Crippen molar-refractivity contribution in [1.82, 2.24) is 9.97 Å². The zero-order valence-electron chi connectivity index (χ0n) is 15.2. The molecule has 3 rings (SSSR count). The first-order chi connectivity index (χ1) is 13.1. The Balaban J connectivity index is 1.87. The first-order valence-corrected chi connectivity index (χ1v) is 8.95. The van der Waals surface area contributed by atoms with E-state index in [9.17, 15) is 9.90 Å². The van der Waals surface area contributed by atoms with Crippen molar-refractivity contribution in [3.05, 3.63) is 42.2 Å². The van der Waals surface area contributed by atoms with Gasteiger partial charge in [-0.25, -0.2) is 9.78 Å². The molecule has 7 heteroatoms. The first kappa shape index (κ1) is 19.0. The van der Waals surface area contributed by atoms with Gasteiger partial charge in [0, 0.05) is 35.2 Å². The number of benzene rings is 1. The number of carboxylic acids is 1. The lowest BCUT2D eigenvalue weighted by atomic mass is 10.1. The third-order valence-electron chi connectivity index (χ3n) is 4.22. The smallest absolute Gasteiger partial charge is 0.335 e. The fraction of sp³-hybridized carbons (Fsp3) is 0.350. The summed E-state index contributed by atoms with van der Waals surface area (Å²) in [6.45, 7) is 3.65. The number of rotatable bonds is 9. The molecular weight excluding hydrogens is 346 g/mol. The lowest BCUT2D eigenvalue weighted by Gasteiger charge is -2.16. The molecule has 0 amide bonds. The van der Waals surface area contributed by atoms with E-state index in [-0.39, 0.29) is 11.7 Å². The molecule has 1 aromatic carbocycles. The van der Waals surface area contributed by atoms with Crippen LogP contribution in [-0.4, -0.2) is 46.9 Å². The van der Waals surface area contributed by atoms with E-state index in [1.54, 1.807) is 30.6 Å². The van der Waals surface area contributed by atoms with Gasteiger partial charge in [0.1, 0.15) is 6.10 Å². The predicted molar refractivity (Wildman–Crippen MR) is 103 cm³/mol. The molecule has 142 valence electrons. The summed E-state index contributed by atoms with van der Waals surface area (Å²) in [5.74, 6) is -0.549. The molecule has 27 heavy (non-hydrogen) atoms. The van der Waals surface area contributed by atoms with E-state index in [0.29, 0.717) is 31.2 Å². The second-order valence-corrected chi connectivity index (χ2v) is 6.37. The molecule has 0 aliphatic carbocycles. The zero-order valence-corrected chi connectivity index (χ0v) is 15.2. The summed E-state index contributed by atoms with van der Waals surface area (Å²) in [4.78, 5) is 20.0. The maximum atomic E-state index is 11.3. The Bertz CT molecular complexity index is 945. The van der Waals surface area contributed by atoms with Crippen molar-refractivity contribution >= 4 is 27.6 Å².